The molecule has 0 aliphatic carbocycles. The fourth-order valence-corrected chi connectivity index (χ4v) is 4.68. The number of amidine groups is 1. The number of hydrogen-bond acceptors (Lipinski definition) is 5. The highest BCUT2D eigenvalue weighted by Crippen LogP contribution is 2.31. The molecule has 3 heterocycles. The minimum absolute atomic E-state index is 0.320. The summed E-state index contributed by atoms with van der Waals surface area (Å²) >= 11 is 0. The van der Waals surface area contributed by atoms with Crippen molar-refractivity contribution in [2.75, 3.05) is 20.3 Å². The van der Waals surface area contributed by atoms with Crippen LogP contribution in [0.4, 0.5) is 4.39 Å². The summed E-state index contributed by atoms with van der Waals surface area (Å²) in [6.07, 6.45) is 9.59. The second-order valence-electron chi connectivity index (χ2n) is 9.28. The van der Waals surface area contributed by atoms with Crippen molar-refractivity contribution >= 4 is 23.3 Å². The number of nitrogens with zero attached hydrogens (tertiary/aromatic N) is 3. The van der Waals surface area contributed by atoms with Crippen LogP contribution in [-0.4, -0.2) is 38.0 Å². The van der Waals surface area contributed by atoms with Crippen LogP contribution >= 0.6 is 0 Å². The molecule has 0 saturated carbocycles. The molecule has 6 heteroatoms. The summed E-state index contributed by atoms with van der Waals surface area (Å²) in [5.41, 5.74) is 5.58. The molecule has 0 spiro atoms. The van der Waals surface area contributed by atoms with Crippen molar-refractivity contribution in [3.63, 3.8) is 0 Å². The van der Waals surface area contributed by atoms with Gasteiger partial charge in [-0.15, -0.1) is 0 Å². The molecule has 2 aromatic carbocycles. The highest BCUT2D eigenvalue weighted by Gasteiger charge is 2.21. The molecule has 0 saturated heterocycles. The lowest BCUT2D eigenvalue weighted by atomic mass is 9.95. The Labute approximate surface area is 211 Å². The summed E-state index contributed by atoms with van der Waals surface area (Å²) in [5.74, 6) is 2.28. The van der Waals surface area contributed by atoms with E-state index in [0.717, 1.165) is 42.9 Å². The normalized spacial score (nSPS) is 20.0. The zero-order valence-electron chi connectivity index (χ0n) is 20.7. The molecule has 0 radical (unpaired) electrons. The molecule has 5 nitrogen and oxygen atoms in total. The Morgan fingerprint density at radius 1 is 1.08 bits per heavy atom. The summed E-state index contributed by atoms with van der Waals surface area (Å²) in [4.78, 5) is 13.8. The van der Waals surface area contributed by atoms with Gasteiger partial charge in [-0.1, -0.05) is 35.9 Å². The van der Waals surface area contributed by atoms with E-state index in [1.54, 1.807) is 31.5 Å². The van der Waals surface area contributed by atoms with E-state index in [4.69, 9.17) is 14.5 Å². The predicted molar refractivity (Wildman–Crippen MR) is 143 cm³/mol. The summed E-state index contributed by atoms with van der Waals surface area (Å²) in [7, 11) is 1.68. The fraction of sp³-hybridized carbons (Fsp3) is 0.300. The van der Waals surface area contributed by atoms with Gasteiger partial charge in [-0.3, -0.25) is 4.99 Å². The van der Waals surface area contributed by atoms with Gasteiger partial charge in [0.15, 0.2) is 5.84 Å². The van der Waals surface area contributed by atoms with Crippen LogP contribution < -0.4 is 4.74 Å². The first kappa shape index (κ1) is 23.9. The van der Waals surface area contributed by atoms with Gasteiger partial charge in [0.1, 0.15) is 17.3 Å². The Hall–Kier alpha value is -3.80. The SMILES string of the molecule is COc1ccc(C2=C(C)CCOC(CC3CCC=C4N=C(c5ccccc5F)N=C4C=NC3)=C2)cc1. The number of hydrogen-bond donors (Lipinski definition) is 0. The Bertz CT molecular complexity index is 1320. The van der Waals surface area contributed by atoms with Crippen LogP contribution in [0.5, 0.6) is 5.75 Å². The second-order valence-corrected chi connectivity index (χ2v) is 9.28. The van der Waals surface area contributed by atoms with Gasteiger partial charge in [0.05, 0.1) is 30.7 Å². The third-order valence-electron chi connectivity index (χ3n) is 6.74. The Balaban J connectivity index is 1.30. The van der Waals surface area contributed by atoms with Gasteiger partial charge in [0.2, 0.25) is 0 Å². The Morgan fingerprint density at radius 3 is 2.72 bits per heavy atom. The largest absolute Gasteiger partial charge is 0.498 e. The van der Waals surface area contributed by atoms with Crippen LogP contribution in [-0.2, 0) is 4.74 Å². The first-order valence-corrected chi connectivity index (χ1v) is 12.4. The van der Waals surface area contributed by atoms with Crippen LogP contribution in [0.2, 0.25) is 0 Å². The van der Waals surface area contributed by atoms with Crippen LogP contribution in [0.15, 0.2) is 92.7 Å². The molecule has 0 N–H and O–H groups in total. The van der Waals surface area contributed by atoms with Crippen LogP contribution in [0.3, 0.4) is 0 Å². The molecule has 5 rings (SSSR count). The minimum Gasteiger partial charge on any atom is -0.498 e. The lowest BCUT2D eigenvalue weighted by molar-refractivity contribution is 0.196. The zero-order chi connectivity index (χ0) is 24.9. The molecular formula is C30H30FN3O2. The van der Waals surface area contributed by atoms with Crippen molar-refractivity contribution in [3.8, 4) is 5.75 Å². The monoisotopic (exact) mass is 483 g/mol. The number of aliphatic imine (C=N–C) groups is 3. The number of allylic oxidation sites excluding steroid dienone is 5. The van der Waals surface area contributed by atoms with Gasteiger partial charge in [-0.05, 0) is 67.2 Å². The first-order valence-electron chi connectivity index (χ1n) is 12.4. The second kappa shape index (κ2) is 10.9. The molecule has 1 unspecified atom stereocenters. The first-order chi connectivity index (χ1) is 17.6. The van der Waals surface area contributed by atoms with Gasteiger partial charge in [0, 0.05) is 25.6 Å². The molecule has 0 amide bonds. The number of fused-ring (bicyclic) bond motifs is 1. The van der Waals surface area contributed by atoms with E-state index in [0.29, 0.717) is 36.2 Å². The molecule has 0 fully saturated rings. The van der Waals surface area contributed by atoms with Crippen molar-refractivity contribution < 1.29 is 13.9 Å². The number of benzene rings is 2. The van der Waals surface area contributed by atoms with Crippen molar-refractivity contribution in [1.29, 1.82) is 0 Å². The zero-order valence-corrected chi connectivity index (χ0v) is 20.7. The standard InChI is InChI=1S/C30H30FN3O2/c1-20-14-15-36-24(17-26(20)22-10-12-23(35-2)13-11-22)16-21-6-5-9-28-29(19-32-18-21)34-30(33-28)25-7-3-4-8-27(25)31/h3-4,7-13,17,19,21H,5-6,14-16,18H2,1-2H3. The smallest absolute Gasteiger partial charge is 0.163 e. The molecule has 2 aromatic rings. The maximum absolute atomic E-state index is 14.2. The fourth-order valence-electron chi connectivity index (χ4n) is 4.68. The van der Waals surface area contributed by atoms with Crippen molar-refractivity contribution in [2.45, 2.75) is 32.6 Å². The van der Waals surface area contributed by atoms with Crippen LogP contribution in [0.25, 0.3) is 5.57 Å². The molecule has 0 bridgehead atoms. The maximum atomic E-state index is 14.2. The van der Waals surface area contributed by atoms with E-state index < -0.39 is 0 Å². The maximum Gasteiger partial charge on any atom is 0.163 e. The minimum atomic E-state index is -0.320. The van der Waals surface area contributed by atoms with E-state index >= 15 is 0 Å². The van der Waals surface area contributed by atoms with Crippen LogP contribution in [0, 0.1) is 11.7 Å². The van der Waals surface area contributed by atoms with Crippen molar-refractivity contribution in [3.05, 3.63) is 94.7 Å². The predicted octanol–water partition coefficient (Wildman–Crippen LogP) is 6.57. The average Bonchev–Trinajstić information content (AvgIpc) is 3.23. The van der Waals surface area contributed by atoms with Gasteiger partial charge in [0.25, 0.3) is 0 Å². The Morgan fingerprint density at radius 2 is 1.92 bits per heavy atom. The number of rotatable bonds is 5. The number of halogens is 1. The molecule has 3 aliphatic rings. The molecule has 3 aliphatic heterocycles. The molecular weight excluding hydrogens is 453 g/mol. The highest BCUT2D eigenvalue weighted by molar-refractivity contribution is 6.42. The van der Waals surface area contributed by atoms with Gasteiger partial charge < -0.3 is 9.47 Å². The third-order valence-corrected chi connectivity index (χ3v) is 6.74. The average molecular weight is 484 g/mol. The Kier molecular flexibility index (Phi) is 7.21. The van der Waals surface area contributed by atoms with E-state index in [1.165, 1.54) is 22.8 Å². The van der Waals surface area contributed by atoms with Crippen LogP contribution in [0.1, 0.15) is 43.7 Å². The van der Waals surface area contributed by atoms with E-state index in [9.17, 15) is 4.39 Å². The van der Waals surface area contributed by atoms with Gasteiger partial charge >= 0.3 is 0 Å². The van der Waals surface area contributed by atoms with Crippen molar-refractivity contribution in [1.82, 2.24) is 0 Å². The summed E-state index contributed by atoms with van der Waals surface area (Å²) in [6, 6.07) is 14.8. The molecule has 184 valence electrons. The lowest BCUT2D eigenvalue weighted by Gasteiger charge is -2.16. The number of ether oxygens (including phenoxy) is 2. The van der Waals surface area contributed by atoms with Crippen molar-refractivity contribution in [2.24, 2.45) is 20.9 Å². The molecule has 36 heavy (non-hydrogen) atoms. The summed E-state index contributed by atoms with van der Waals surface area (Å²) in [6.45, 7) is 3.53. The lowest BCUT2D eigenvalue weighted by Crippen LogP contribution is -2.08. The van der Waals surface area contributed by atoms with Gasteiger partial charge in [-0.2, -0.15) is 0 Å². The van der Waals surface area contributed by atoms with Gasteiger partial charge in [-0.25, -0.2) is 14.4 Å². The van der Waals surface area contributed by atoms with E-state index in [2.05, 4.69) is 41.2 Å². The summed E-state index contributed by atoms with van der Waals surface area (Å²) < 4.78 is 25.7. The summed E-state index contributed by atoms with van der Waals surface area (Å²) in [5, 5.41) is 0. The molecule has 1 atom stereocenters. The molecule has 0 aromatic heterocycles. The topological polar surface area (TPSA) is 55.5 Å². The van der Waals surface area contributed by atoms with E-state index in [1.807, 2.05) is 12.1 Å². The highest BCUT2D eigenvalue weighted by atomic mass is 19.1. The third kappa shape index (κ3) is 5.38. The van der Waals surface area contributed by atoms with E-state index in [-0.39, 0.29) is 5.82 Å². The number of methoxy groups -OCH3 is 1. The quantitative estimate of drug-likeness (QED) is 0.483.